The van der Waals surface area contributed by atoms with Gasteiger partial charge in [0.15, 0.2) is 5.78 Å². The van der Waals surface area contributed by atoms with E-state index in [1.807, 2.05) is 60.7 Å². The number of rotatable bonds is 4. The van der Waals surface area contributed by atoms with E-state index in [9.17, 15) is 4.79 Å². The number of carbonyl (C=O) groups is 1. The number of fused-ring (bicyclic) bond motifs is 1. The molecule has 0 atom stereocenters. The molecule has 0 aliphatic rings. The lowest BCUT2D eigenvalue weighted by atomic mass is 9.99. The summed E-state index contributed by atoms with van der Waals surface area (Å²) < 4.78 is 0. The predicted octanol–water partition coefficient (Wildman–Crippen LogP) is 4.13. The minimum atomic E-state index is 0.0555. The summed E-state index contributed by atoms with van der Waals surface area (Å²) in [5.41, 5.74) is 3.38. The van der Waals surface area contributed by atoms with Gasteiger partial charge in [-0.1, -0.05) is 54.6 Å². The second-order valence-corrected chi connectivity index (χ2v) is 4.71. The molecule has 3 aromatic rings. The van der Waals surface area contributed by atoms with Crippen molar-refractivity contribution in [2.45, 2.75) is 6.42 Å². The number of para-hydroxylation sites is 1. The largest absolute Gasteiger partial charge is 0.358 e. The highest BCUT2D eigenvalue weighted by Gasteiger charge is 2.18. The van der Waals surface area contributed by atoms with Crippen LogP contribution in [0, 0.1) is 0 Å². The van der Waals surface area contributed by atoms with Gasteiger partial charge in [0.2, 0.25) is 0 Å². The monoisotopic (exact) mass is 261 g/mol. The van der Waals surface area contributed by atoms with Gasteiger partial charge in [0.25, 0.3) is 0 Å². The van der Waals surface area contributed by atoms with Gasteiger partial charge in [-0.15, -0.1) is 6.58 Å². The van der Waals surface area contributed by atoms with Crippen molar-refractivity contribution < 1.29 is 4.79 Å². The fourth-order valence-corrected chi connectivity index (χ4v) is 2.49. The highest BCUT2D eigenvalue weighted by molar-refractivity contribution is 6.17. The molecule has 0 aliphatic carbocycles. The molecule has 2 nitrogen and oxygen atoms in total. The first-order chi connectivity index (χ1) is 9.81. The van der Waals surface area contributed by atoms with Crippen molar-refractivity contribution in [1.82, 2.24) is 4.98 Å². The first-order valence-electron chi connectivity index (χ1n) is 6.61. The van der Waals surface area contributed by atoms with E-state index in [0.717, 1.165) is 22.2 Å². The number of aromatic amines is 1. The van der Waals surface area contributed by atoms with Gasteiger partial charge in [-0.05, 0) is 6.07 Å². The summed E-state index contributed by atoms with van der Waals surface area (Å²) in [6, 6.07) is 17.3. The van der Waals surface area contributed by atoms with Crippen molar-refractivity contribution >= 4 is 16.7 Å². The fraction of sp³-hybridized carbons (Fsp3) is 0.0556. The van der Waals surface area contributed by atoms with Crippen molar-refractivity contribution in [3.05, 3.63) is 84.1 Å². The molecule has 20 heavy (non-hydrogen) atoms. The van der Waals surface area contributed by atoms with Crippen LogP contribution in [0.3, 0.4) is 0 Å². The average Bonchev–Trinajstić information content (AvgIpc) is 2.86. The number of hydrogen-bond donors (Lipinski definition) is 1. The van der Waals surface area contributed by atoms with Crippen LogP contribution in [0.5, 0.6) is 0 Å². The van der Waals surface area contributed by atoms with Crippen molar-refractivity contribution in [3.8, 4) is 0 Å². The predicted molar refractivity (Wildman–Crippen MR) is 82.1 cm³/mol. The van der Waals surface area contributed by atoms with Gasteiger partial charge in [0.05, 0.1) is 5.56 Å². The van der Waals surface area contributed by atoms with Gasteiger partial charge < -0.3 is 4.98 Å². The van der Waals surface area contributed by atoms with Crippen LogP contribution < -0.4 is 0 Å². The minimum absolute atomic E-state index is 0.0555. The molecule has 0 unspecified atom stereocenters. The normalized spacial score (nSPS) is 10.6. The molecule has 0 fully saturated rings. The molecule has 1 aromatic heterocycles. The van der Waals surface area contributed by atoms with Gasteiger partial charge in [-0.3, -0.25) is 4.79 Å². The SMILES string of the molecule is C=CCc1[nH]c2ccccc2c1C(=O)c1ccccc1. The van der Waals surface area contributed by atoms with Crippen LogP contribution >= 0.6 is 0 Å². The summed E-state index contributed by atoms with van der Waals surface area (Å²) in [5, 5.41) is 0.971. The first kappa shape index (κ1) is 12.4. The summed E-state index contributed by atoms with van der Waals surface area (Å²) in [7, 11) is 0. The van der Waals surface area contributed by atoms with Crippen LogP contribution in [-0.2, 0) is 6.42 Å². The van der Waals surface area contributed by atoms with Crippen LogP contribution in [0.25, 0.3) is 10.9 Å². The Hall–Kier alpha value is -2.61. The molecule has 0 amide bonds. The molecular formula is C18H15NO. The Morgan fingerprint density at radius 2 is 1.75 bits per heavy atom. The lowest BCUT2D eigenvalue weighted by molar-refractivity contribution is 0.103. The van der Waals surface area contributed by atoms with Gasteiger partial charge in [-0.2, -0.15) is 0 Å². The summed E-state index contributed by atoms with van der Waals surface area (Å²) >= 11 is 0. The van der Waals surface area contributed by atoms with E-state index < -0.39 is 0 Å². The van der Waals surface area contributed by atoms with E-state index in [1.165, 1.54) is 0 Å². The van der Waals surface area contributed by atoms with Crippen LogP contribution in [0.1, 0.15) is 21.6 Å². The van der Waals surface area contributed by atoms with Crippen molar-refractivity contribution in [1.29, 1.82) is 0 Å². The van der Waals surface area contributed by atoms with Crippen molar-refractivity contribution in [2.75, 3.05) is 0 Å². The smallest absolute Gasteiger partial charge is 0.195 e. The highest BCUT2D eigenvalue weighted by Crippen LogP contribution is 2.25. The molecule has 0 saturated heterocycles. The zero-order valence-electron chi connectivity index (χ0n) is 11.1. The zero-order chi connectivity index (χ0) is 13.9. The lowest BCUT2D eigenvalue weighted by Crippen LogP contribution is -2.03. The second-order valence-electron chi connectivity index (χ2n) is 4.71. The van der Waals surface area contributed by atoms with Crippen molar-refractivity contribution in [3.63, 3.8) is 0 Å². The van der Waals surface area contributed by atoms with E-state index in [-0.39, 0.29) is 5.78 Å². The Kier molecular flexibility index (Phi) is 3.21. The third-order valence-corrected chi connectivity index (χ3v) is 3.40. The Morgan fingerprint density at radius 3 is 2.50 bits per heavy atom. The molecule has 1 heterocycles. The van der Waals surface area contributed by atoms with E-state index in [1.54, 1.807) is 0 Å². The molecule has 0 saturated carbocycles. The standard InChI is InChI=1S/C18H15NO/c1-2-8-16-17(14-11-6-7-12-15(14)19-16)18(20)13-9-4-3-5-10-13/h2-7,9-12,19H,1,8H2. The number of nitrogens with one attached hydrogen (secondary N) is 1. The Balaban J connectivity index is 2.21. The van der Waals surface area contributed by atoms with Crippen LogP contribution in [0.2, 0.25) is 0 Å². The maximum atomic E-state index is 12.8. The molecule has 0 bridgehead atoms. The minimum Gasteiger partial charge on any atom is -0.358 e. The maximum Gasteiger partial charge on any atom is 0.195 e. The van der Waals surface area contributed by atoms with Crippen LogP contribution in [0.15, 0.2) is 67.3 Å². The van der Waals surface area contributed by atoms with Gasteiger partial charge in [0, 0.05) is 28.6 Å². The molecule has 98 valence electrons. The number of H-pyrrole nitrogens is 1. The van der Waals surface area contributed by atoms with E-state index in [2.05, 4.69) is 11.6 Å². The third-order valence-electron chi connectivity index (χ3n) is 3.40. The third kappa shape index (κ3) is 2.05. The van der Waals surface area contributed by atoms with Gasteiger partial charge >= 0.3 is 0 Å². The summed E-state index contributed by atoms with van der Waals surface area (Å²) in [6.45, 7) is 3.77. The maximum absolute atomic E-state index is 12.8. The van der Waals surface area contributed by atoms with Crippen LogP contribution in [0.4, 0.5) is 0 Å². The number of ketones is 1. The van der Waals surface area contributed by atoms with E-state index in [4.69, 9.17) is 0 Å². The molecule has 1 N–H and O–H groups in total. The number of benzene rings is 2. The van der Waals surface area contributed by atoms with Gasteiger partial charge in [0.1, 0.15) is 0 Å². The van der Waals surface area contributed by atoms with Gasteiger partial charge in [-0.25, -0.2) is 0 Å². The number of aromatic nitrogens is 1. The highest BCUT2D eigenvalue weighted by atomic mass is 16.1. The summed E-state index contributed by atoms with van der Waals surface area (Å²) in [5.74, 6) is 0.0555. The van der Waals surface area contributed by atoms with Crippen molar-refractivity contribution in [2.24, 2.45) is 0 Å². The zero-order valence-corrected chi connectivity index (χ0v) is 11.1. The first-order valence-corrected chi connectivity index (χ1v) is 6.61. The lowest BCUT2D eigenvalue weighted by Gasteiger charge is -2.02. The molecule has 0 aliphatic heterocycles. The second kappa shape index (κ2) is 5.17. The summed E-state index contributed by atoms with van der Waals surface area (Å²) in [4.78, 5) is 16.1. The molecule has 3 rings (SSSR count). The Bertz CT molecular complexity index is 768. The number of allylic oxidation sites excluding steroid dienone is 1. The quantitative estimate of drug-likeness (QED) is 0.556. The topological polar surface area (TPSA) is 32.9 Å². The molecule has 2 heteroatoms. The molecule has 0 spiro atoms. The molecular weight excluding hydrogens is 246 g/mol. The molecule has 0 radical (unpaired) electrons. The summed E-state index contributed by atoms with van der Waals surface area (Å²) in [6.07, 6.45) is 2.47. The Labute approximate surface area is 117 Å². The van der Waals surface area contributed by atoms with E-state index >= 15 is 0 Å². The number of carbonyl (C=O) groups excluding carboxylic acids is 1. The fourth-order valence-electron chi connectivity index (χ4n) is 2.49. The average molecular weight is 261 g/mol. The molecule has 2 aromatic carbocycles. The Morgan fingerprint density at radius 1 is 1.05 bits per heavy atom. The van der Waals surface area contributed by atoms with E-state index in [0.29, 0.717) is 12.0 Å². The number of hydrogen-bond acceptors (Lipinski definition) is 1. The van der Waals surface area contributed by atoms with Crippen LogP contribution in [-0.4, -0.2) is 10.8 Å².